The van der Waals surface area contributed by atoms with Crippen LogP contribution >= 0.6 is 0 Å². The second-order valence-electron chi connectivity index (χ2n) is 6.06. The Morgan fingerprint density at radius 1 is 1.40 bits per heavy atom. The van der Waals surface area contributed by atoms with Crippen molar-refractivity contribution in [1.29, 1.82) is 5.26 Å². The number of carbonyl (C=O) groups is 1. The molecule has 1 N–H and O–H groups in total. The van der Waals surface area contributed by atoms with Gasteiger partial charge in [0.05, 0.1) is 23.8 Å². The van der Waals surface area contributed by atoms with Crippen molar-refractivity contribution >= 4 is 22.6 Å². The molecule has 0 bridgehead atoms. The molecule has 1 aromatic heterocycles. The summed E-state index contributed by atoms with van der Waals surface area (Å²) >= 11 is 0. The molecular formula is C17H17F2N5O. The van der Waals surface area contributed by atoms with Crippen LogP contribution in [0.15, 0.2) is 24.5 Å². The number of fused-ring (bicyclic) bond motifs is 1. The number of rotatable bonds is 3. The first kappa shape index (κ1) is 17.0. The zero-order valence-corrected chi connectivity index (χ0v) is 13.7. The number of hydrogen-bond donors (Lipinski definition) is 1. The van der Waals surface area contributed by atoms with E-state index in [-0.39, 0.29) is 18.9 Å². The minimum Gasteiger partial charge on any atom is -0.362 e. The van der Waals surface area contributed by atoms with Gasteiger partial charge in [0.15, 0.2) is 0 Å². The van der Waals surface area contributed by atoms with Gasteiger partial charge in [-0.15, -0.1) is 0 Å². The molecule has 1 atom stereocenters. The van der Waals surface area contributed by atoms with Crippen LogP contribution in [0.4, 0.5) is 14.5 Å². The smallest absolute Gasteiger partial charge is 0.267 e. The van der Waals surface area contributed by atoms with Gasteiger partial charge < -0.3 is 10.2 Å². The van der Waals surface area contributed by atoms with Crippen LogP contribution in [0.1, 0.15) is 25.3 Å². The van der Waals surface area contributed by atoms with Gasteiger partial charge in [0.1, 0.15) is 17.1 Å². The topological polar surface area (TPSA) is 81.9 Å². The standard InChI is InChI=1S/C17H17F2N5O/c1-2-14(25)23-12-7-17(18,19)10-24(9-12)13-4-3-11(8-20)15-16(13)22-6-5-21-15/h3-6,12H,2,7,9-10H2,1H3,(H,23,25). The summed E-state index contributed by atoms with van der Waals surface area (Å²) in [5.74, 6) is -3.20. The summed E-state index contributed by atoms with van der Waals surface area (Å²) in [6, 6.07) is 4.54. The number of nitrogens with zero attached hydrogens (tertiary/aromatic N) is 4. The fraction of sp³-hybridized carbons (Fsp3) is 0.412. The van der Waals surface area contributed by atoms with Gasteiger partial charge in [-0.1, -0.05) is 6.92 Å². The van der Waals surface area contributed by atoms with Crippen LogP contribution in [-0.2, 0) is 4.79 Å². The molecule has 1 unspecified atom stereocenters. The minimum atomic E-state index is -2.94. The highest BCUT2D eigenvalue weighted by atomic mass is 19.3. The molecular weight excluding hydrogens is 328 g/mol. The van der Waals surface area contributed by atoms with Crippen LogP contribution in [0.3, 0.4) is 0 Å². The highest BCUT2D eigenvalue weighted by Gasteiger charge is 2.41. The molecule has 0 saturated carbocycles. The second-order valence-corrected chi connectivity index (χ2v) is 6.06. The molecule has 0 aliphatic carbocycles. The first-order valence-electron chi connectivity index (χ1n) is 7.99. The number of amides is 1. The number of nitriles is 1. The van der Waals surface area contributed by atoms with E-state index in [1.54, 1.807) is 19.1 Å². The summed E-state index contributed by atoms with van der Waals surface area (Å²) < 4.78 is 28.4. The SMILES string of the molecule is CCC(=O)NC1CN(c2ccc(C#N)c3nccnc23)CC(F)(F)C1. The number of alkyl halides is 2. The van der Waals surface area contributed by atoms with Crippen molar-refractivity contribution in [3.8, 4) is 6.07 Å². The van der Waals surface area contributed by atoms with Crippen molar-refractivity contribution < 1.29 is 13.6 Å². The zero-order valence-electron chi connectivity index (χ0n) is 13.7. The van der Waals surface area contributed by atoms with E-state index in [0.29, 0.717) is 22.3 Å². The summed E-state index contributed by atoms with van der Waals surface area (Å²) in [5, 5.41) is 11.8. The van der Waals surface area contributed by atoms with Crippen molar-refractivity contribution in [2.75, 3.05) is 18.0 Å². The van der Waals surface area contributed by atoms with E-state index in [4.69, 9.17) is 0 Å². The van der Waals surface area contributed by atoms with Crippen molar-refractivity contribution in [3.63, 3.8) is 0 Å². The minimum absolute atomic E-state index is 0.243. The Bertz CT molecular complexity index is 849. The average molecular weight is 345 g/mol. The molecule has 0 radical (unpaired) electrons. The number of benzene rings is 1. The highest BCUT2D eigenvalue weighted by molar-refractivity contribution is 5.92. The Labute approximate surface area is 143 Å². The van der Waals surface area contributed by atoms with Crippen molar-refractivity contribution in [3.05, 3.63) is 30.1 Å². The zero-order chi connectivity index (χ0) is 18.0. The normalized spacial score (nSPS) is 19.4. The Hall–Kier alpha value is -2.82. The molecule has 3 rings (SSSR count). The number of aromatic nitrogens is 2. The van der Waals surface area contributed by atoms with Gasteiger partial charge >= 0.3 is 0 Å². The van der Waals surface area contributed by atoms with E-state index in [9.17, 15) is 18.8 Å². The lowest BCUT2D eigenvalue weighted by Crippen LogP contribution is -2.55. The Balaban J connectivity index is 1.99. The van der Waals surface area contributed by atoms with Gasteiger partial charge in [0.2, 0.25) is 5.91 Å². The molecule has 130 valence electrons. The number of nitrogens with one attached hydrogen (secondary N) is 1. The monoisotopic (exact) mass is 345 g/mol. The molecule has 1 aliphatic rings. The molecule has 1 amide bonds. The summed E-state index contributed by atoms with van der Waals surface area (Å²) in [7, 11) is 0. The van der Waals surface area contributed by atoms with Crippen molar-refractivity contribution in [2.24, 2.45) is 0 Å². The van der Waals surface area contributed by atoms with Crippen LogP contribution in [-0.4, -0.2) is 40.9 Å². The molecule has 1 saturated heterocycles. The maximum atomic E-state index is 14.2. The van der Waals surface area contributed by atoms with Crippen LogP contribution in [0, 0.1) is 11.3 Å². The number of piperidine rings is 1. The van der Waals surface area contributed by atoms with E-state index in [2.05, 4.69) is 15.3 Å². The summed E-state index contributed by atoms with van der Waals surface area (Å²) in [6.07, 6.45) is 2.77. The van der Waals surface area contributed by atoms with Crippen molar-refractivity contribution in [1.82, 2.24) is 15.3 Å². The van der Waals surface area contributed by atoms with Gasteiger partial charge in [-0.3, -0.25) is 14.8 Å². The van der Waals surface area contributed by atoms with Gasteiger partial charge in [-0.2, -0.15) is 5.26 Å². The Morgan fingerprint density at radius 3 is 2.80 bits per heavy atom. The van der Waals surface area contributed by atoms with E-state index in [1.807, 2.05) is 6.07 Å². The molecule has 8 heteroatoms. The lowest BCUT2D eigenvalue weighted by molar-refractivity contribution is -0.122. The van der Waals surface area contributed by atoms with Gasteiger partial charge in [0.25, 0.3) is 5.92 Å². The lowest BCUT2D eigenvalue weighted by atomic mass is 10.0. The molecule has 0 spiro atoms. The van der Waals surface area contributed by atoms with E-state index >= 15 is 0 Å². The predicted octanol–water partition coefficient (Wildman–Crippen LogP) is 2.24. The molecule has 2 heterocycles. The van der Waals surface area contributed by atoms with Gasteiger partial charge in [-0.25, -0.2) is 8.78 Å². The van der Waals surface area contributed by atoms with Crippen LogP contribution in [0.2, 0.25) is 0 Å². The molecule has 1 fully saturated rings. The van der Waals surface area contributed by atoms with E-state index in [1.165, 1.54) is 17.3 Å². The summed E-state index contributed by atoms with van der Waals surface area (Å²) in [6.45, 7) is 1.46. The third kappa shape index (κ3) is 3.50. The van der Waals surface area contributed by atoms with E-state index < -0.39 is 24.9 Å². The van der Waals surface area contributed by atoms with Crippen molar-refractivity contribution in [2.45, 2.75) is 31.7 Å². The van der Waals surface area contributed by atoms with Gasteiger partial charge in [-0.05, 0) is 12.1 Å². The lowest BCUT2D eigenvalue weighted by Gasteiger charge is -2.39. The number of halogens is 2. The van der Waals surface area contributed by atoms with Crippen LogP contribution < -0.4 is 10.2 Å². The summed E-state index contributed by atoms with van der Waals surface area (Å²) in [5.41, 5.74) is 1.61. The first-order valence-corrected chi connectivity index (χ1v) is 7.99. The third-order valence-corrected chi connectivity index (χ3v) is 4.16. The fourth-order valence-electron chi connectivity index (χ4n) is 3.10. The Kier molecular flexibility index (Phi) is 4.49. The number of anilines is 1. The second kappa shape index (κ2) is 6.59. The van der Waals surface area contributed by atoms with Crippen LogP contribution in [0.5, 0.6) is 0 Å². The molecule has 25 heavy (non-hydrogen) atoms. The quantitative estimate of drug-likeness (QED) is 0.923. The maximum Gasteiger partial charge on any atom is 0.267 e. The van der Waals surface area contributed by atoms with Gasteiger partial charge in [0, 0.05) is 31.8 Å². The van der Waals surface area contributed by atoms with Crippen LogP contribution in [0.25, 0.3) is 11.0 Å². The molecule has 6 nitrogen and oxygen atoms in total. The average Bonchev–Trinajstić information content (AvgIpc) is 2.59. The number of hydrogen-bond acceptors (Lipinski definition) is 5. The maximum absolute atomic E-state index is 14.2. The summed E-state index contributed by atoms with van der Waals surface area (Å²) in [4.78, 5) is 21.5. The fourth-order valence-corrected chi connectivity index (χ4v) is 3.10. The van der Waals surface area contributed by atoms with E-state index in [0.717, 1.165) is 0 Å². The predicted molar refractivity (Wildman–Crippen MR) is 88.3 cm³/mol. The first-order chi connectivity index (χ1) is 11.9. The highest BCUT2D eigenvalue weighted by Crippen LogP contribution is 2.33. The number of carbonyl (C=O) groups excluding carboxylic acids is 1. The largest absolute Gasteiger partial charge is 0.362 e. The third-order valence-electron chi connectivity index (χ3n) is 4.16. The Morgan fingerprint density at radius 2 is 2.12 bits per heavy atom. The molecule has 2 aromatic rings. The molecule has 1 aliphatic heterocycles. The molecule has 1 aromatic carbocycles.